The molecule has 0 N–H and O–H groups in total. The number of rotatable bonds is 2. The molecule has 1 aromatic carbocycles. The fourth-order valence-corrected chi connectivity index (χ4v) is 3.74. The molecule has 112 valence electrons. The van der Waals surface area contributed by atoms with Gasteiger partial charge in [0.1, 0.15) is 5.69 Å². The fourth-order valence-electron chi connectivity index (χ4n) is 2.39. The molecular weight excluding hydrogens is 302 g/mol. The van der Waals surface area contributed by atoms with Gasteiger partial charge in [-0.25, -0.2) is 12.4 Å². The average Bonchev–Trinajstić information content (AvgIpc) is 2.91. The van der Waals surface area contributed by atoms with Gasteiger partial charge < -0.3 is 0 Å². The summed E-state index contributed by atoms with van der Waals surface area (Å²) in [6.45, 7) is 3.35. The van der Waals surface area contributed by atoms with Crippen molar-refractivity contribution >= 4 is 21.6 Å². The minimum atomic E-state index is -3.92. The maximum Gasteiger partial charge on any atom is 0.268 e. The van der Waals surface area contributed by atoms with Crippen LogP contribution < -0.4 is 0 Å². The van der Waals surface area contributed by atoms with E-state index in [2.05, 4.69) is 0 Å². The van der Waals surface area contributed by atoms with E-state index in [1.54, 1.807) is 12.1 Å². The minimum absolute atomic E-state index is 0.0731. The maximum absolute atomic E-state index is 12.7. The summed E-state index contributed by atoms with van der Waals surface area (Å²) < 4.78 is 26.3. The van der Waals surface area contributed by atoms with Crippen LogP contribution in [0.3, 0.4) is 0 Å². The highest BCUT2D eigenvalue weighted by Gasteiger charge is 2.31. The number of nitrogens with zero attached hydrogens (tertiary/aromatic N) is 1. The van der Waals surface area contributed by atoms with Gasteiger partial charge >= 0.3 is 0 Å². The third-order valence-electron chi connectivity index (χ3n) is 3.62. The lowest BCUT2D eigenvalue weighted by Crippen LogP contribution is -2.23. The zero-order chi connectivity index (χ0) is 16.1. The van der Waals surface area contributed by atoms with Crippen LogP contribution in [0, 0.1) is 6.92 Å². The highest BCUT2D eigenvalue weighted by molar-refractivity contribution is 7.90. The smallest absolute Gasteiger partial charge is 0.268 e. The third kappa shape index (κ3) is 2.03. The van der Waals surface area contributed by atoms with E-state index in [4.69, 9.17) is 0 Å². The molecule has 1 aliphatic carbocycles. The molecule has 3 rings (SSSR count). The Kier molecular flexibility index (Phi) is 3.14. The lowest BCUT2D eigenvalue weighted by molar-refractivity contribution is 0.0981. The van der Waals surface area contributed by atoms with Crippen molar-refractivity contribution in [1.29, 1.82) is 0 Å². The number of hydrogen-bond acceptors (Lipinski definition) is 4. The van der Waals surface area contributed by atoms with Crippen LogP contribution >= 0.6 is 0 Å². The number of Topliss-reactive ketones (excluding diaryl/α,β-unsaturated/α-hetero) is 1. The normalized spacial score (nSPS) is 14.7. The first-order chi connectivity index (χ1) is 10.3. The molecule has 0 bridgehead atoms. The van der Waals surface area contributed by atoms with E-state index in [9.17, 15) is 18.0 Å². The van der Waals surface area contributed by atoms with Gasteiger partial charge in [0, 0.05) is 11.8 Å². The summed E-state index contributed by atoms with van der Waals surface area (Å²) in [4.78, 5) is 24.3. The summed E-state index contributed by atoms with van der Waals surface area (Å²) >= 11 is 0. The number of aromatic nitrogens is 1. The lowest BCUT2D eigenvalue weighted by atomic mass is 9.97. The van der Waals surface area contributed by atoms with Gasteiger partial charge in [-0.15, -0.1) is 0 Å². The number of aryl methyl sites for hydroxylation is 1. The van der Waals surface area contributed by atoms with Crippen LogP contribution in [0.15, 0.2) is 53.1 Å². The number of ketones is 2. The zero-order valence-electron chi connectivity index (χ0n) is 12.0. The predicted octanol–water partition coefficient (Wildman–Crippen LogP) is 2.36. The lowest BCUT2D eigenvalue weighted by Gasteiger charge is -2.14. The van der Waals surface area contributed by atoms with Crippen molar-refractivity contribution in [3.63, 3.8) is 0 Å². The van der Waals surface area contributed by atoms with Crippen molar-refractivity contribution in [2.75, 3.05) is 0 Å². The van der Waals surface area contributed by atoms with Crippen LogP contribution in [0.2, 0.25) is 0 Å². The van der Waals surface area contributed by atoms with Gasteiger partial charge in [-0.05, 0) is 38.1 Å². The van der Waals surface area contributed by atoms with Crippen molar-refractivity contribution in [3.05, 3.63) is 65.0 Å². The van der Waals surface area contributed by atoms with E-state index in [0.717, 1.165) is 9.54 Å². The largest absolute Gasteiger partial charge is 0.289 e. The second kappa shape index (κ2) is 4.78. The number of allylic oxidation sites excluding steroid dienone is 2. The molecule has 0 aliphatic heterocycles. The molecule has 0 atom stereocenters. The first-order valence-corrected chi connectivity index (χ1v) is 8.07. The van der Waals surface area contributed by atoms with Gasteiger partial charge in [0.05, 0.1) is 10.5 Å². The Morgan fingerprint density at radius 2 is 1.59 bits per heavy atom. The van der Waals surface area contributed by atoms with E-state index in [1.807, 2.05) is 6.92 Å². The molecule has 0 saturated carbocycles. The Morgan fingerprint density at radius 1 is 0.955 bits per heavy atom. The molecule has 0 fully saturated rings. The molecule has 0 spiro atoms. The van der Waals surface area contributed by atoms with E-state index in [-0.39, 0.29) is 27.5 Å². The molecule has 1 aliphatic rings. The van der Waals surface area contributed by atoms with Gasteiger partial charge in [0.25, 0.3) is 10.0 Å². The molecule has 0 amide bonds. The summed E-state index contributed by atoms with van der Waals surface area (Å²) in [7, 11) is -3.92. The molecule has 22 heavy (non-hydrogen) atoms. The number of carbonyl (C=O) groups excluding carboxylic acids is 2. The van der Waals surface area contributed by atoms with Gasteiger partial charge in [0.2, 0.25) is 5.78 Å². The summed E-state index contributed by atoms with van der Waals surface area (Å²) in [5.74, 6) is -0.805. The second-order valence-electron chi connectivity index (χ2n) is 5.21. The molecule has 2 aromatic rings. The number of carbonyl (C=O) groups is 2. The van der Waals surface area contributed by atoms with E-state index in [0.29, 0.717) is 0 Å². The van der Waals surface area contributed by atoms with Crippen LogP contribution in [-0.2, 0) is 10.0 Å². The Balaban J connectivity index is 2.22. The molecule has 0 saturated heterocycles. The van der Waals surface area contributed by atoms with Crippen molar-refractivity contribution in [3.8, 4) is 0 Å². The summed E-state index contributed by atoms with van der Waals surface area (Å²) in [6.07, 6.45) is 2.48. The Bertz CT molecular complexity index is 931. The van der Waals surface area contributed by atoms with Crippen LogP contribution in [0.4, 0.5) is 0 Å². The molecule has 6 heteroatoms. The Labute approximate surface area is 127 Å². The SMILES string of the molecule is CC1=CC(=O)c2ccn(S(=O)(=O)c3ccc(C)cc3)c2C1=O. The topological polar surface area (TPSA) is 73.2 Å². The first kappa shape index (κ1) is 14.5. The van der Waals surface area contributed by atoms with E-state index < -0.39 is 15.8 Å². The van der Waals surface area contributed by atoms with Crippen molar-refractivity contribution in [2.45, 2.75) is 18.7 Å². The summed E-state index contributed by atoms with van der Waals surface area (Å²) in [6, 6.07) is 7.69. The summed E-state index contributed by atoms with van der Waals surface area (Å²) in [5, 5.41) is 0. The van der Waals surface area contributed by atoms with Gasteiger partial charge in [-0.3, -0.25) is 9.59 Å². The average molecular weight is 315 g/mol. The van der Waals surface area contributed by atoms with Gasteiger partial charge in [0.15, 0.2) is 5.78 Å². The molecule has 0 radical (unpaired) electrons. The van der Waals surface area contributed by atoms with E-state index >= 15 is 0 Å². The zero-order valence-corrected chi connectivity index (χ0v) is 12.8. The van der Waals surface area contributed by atoms with Crippen molar-refractivity contribution < 1.29 is 18.0 Å². The summed E-state index contributed by atoms with van der Waals surface area (Å²) in [5.41, 5.74) is 1.19. The number of benzene rings is 1. The van der Waals surface area contributed by atoms with Crippen molar-refractivity contribution in [2.24, 2.45) is 0 Å². The quantitative estimate of drug-likeness (QED) is 0.853. The molecule has 5 nitrogen and oxygen atoms in total. The molecule has 1 aromatic heterocycles. The van der Waals surface area contributed by atoms with Gasteiger partial charge in [-0.1, -0.05) is 17.7 Å². The standard InChI is InChI=1S/C16H13NO4S/c1-10-3-5-12(6-4-10)22(20,21)17-8-7-13-14(18)9-11(2)16(19)15(13)17/h3-9H,1-2H3. The second-order valence-corrected chi connectivity index (χ2v) is 7.03. The van der Waals surface area contributed by atoms with Crippen LogP contribution in [0.1, 0.15) is 33.3 Å². The Hall–Kier alpha value is -2.47. The molecule has 0 unspecified atom stereocenters. The minimum Gasteiger partial charge on any atom is -0.289 e. The van der Waals surface area contributed by atoms with Crippen LogP contribution in [-0.4, -0.2) is 24.0 Å². The maximum atomic E-state index is 12.7. The Morgan fingerprint density at radius 3 is 2.23 bits per heavy atom. The predicted molar refractivity (Wildman–Crippen MR) is 80.6 cm³/mol. The first-order valence-electron chi connectivity index (χ1n) is 6.63. The molecule has 1 heterocycles. The van der Waals surface area contributed by atoms with Gasteiger partial charge in [-0.2, -0.15) is 0 Å². The van der Waals surface area contributed by atoms with Crippen molar-refractivity contribution in [1.82, 2.24) is 3.97 Å². The monoisotopic (exact) mass is 315 g/mol. The number of hydrogen-bond donors (Lipinski definition) is 0. The molecular formula is C16H13NO4S. The third-order valence-corrected chi connectivity index (χ3v) is 5.31. The number of fused-ring (bicyclic) bond motifs is 1. The van der Waals surface area contributed by atoms with Crippen LogP contribution in [0.5, 0.6) is 0 Å². The highest BCUT2D eigenvalue weighted by Crippen LogP contribution is 2.26. The van der Waals surface area contributed by atoms with E-state index in [1.165, 1.54) is 37.4 Å². The highest BCUT2D eigenvalue weighted by atomic mass is 32.2. The fraction of sp³-hybridized carbons (Fsp3) is 0.125. The van der Waals surface area contributed by atoms with Crippen LogP contribution in [0.25, 0.3) is 0 Å².